The Bertz CT molecular complexity index is 602. The lowest BCUT2D eigenvalue weighted by atomic mass is 10.1. The van der Waals surface area contributed by atoms with Gasteiger partial charge in [0.05, 0.1) is 12.2 Å². The lowest BCUT2D eigenvalue weighted by molar-refractivity contribution is 0.577. The molecule has 3 nitrogen and oxygen atoms in total. The zero-order valence-electron chi connectivity index (χ0n) is 12.6. The fourth-order valence-corrected chi connectivity index (χ4v) is 2.62. The van der Waals surface area contributed by atoms with Crippen LogP contribution >= 0.6 is 0 Å². The van der Waals surface area contributed by atoms with Gasteiger partial charge in [-0.15, -0.1) is 0 Å². The highest BCUT2D eigenvalue weighted by atomic mass is 19.1. The largest absolute Gasteiger partial charge is 0.316 e. The van der Waals surface area contributed by atoms with Crippen molar-refractivity contribution in [1.82, 2.24) is 15.1 Å². The third kappa shape index (κ3) is 2.90. The van der Waals surface area contributed by atoms with Crippen LogP contribution in [-0.4, -0.2) is 16.8 Å². The highest BCUT2D eigenvalue weighted by molar-refractivity contribution is 5.28. The molecule has 20 heavy (non-hydrogen) atoms. The SMILES string of the molecule is CCc1c(C)nn(Cc2cc(CNC)ccc2F)c1C. The normalized spacial score (nSPS) is 11.1. The van der Waals surface area contributed by atoms with Crippen molar-refractivity contribution in [3.63, 3.8) is 0 Å². The van der Waals surface area contributed by atoms with Crippen molar-refractivity contribution in [2.45, 2.75) is 40.3 Å². The lowest BCUT2D eigenvalue weighted by Gasteiger charge is -2.09. The number of nitrogens with zero attached hydrogens (tertiary/aromatic N) is 2. The molecule has 2 aromatic rings. The molecule has 0 atom stereocenters. The third-order valence-corrected chi connectivity index (χ3v) is 3.70. The second kappa shape index (κ2) is 6.18. The van der Waals surface area contributed by atoms with E-state index in [4.69, 9.17) is 0 Å². The summed E-state index contributed by atoms with van der Waals surface area (Å²) in [5.74, 6) is -0.171. The molecule has 0 bridgehead atoms. The average Bonchev–Trinajstić information content (AvgIpc) is 2.68. The van der Waals surface area contributed by atoms with Crippen molar-refractivity contribution in [3.05, 3.63) is 52.1 Å². The van der Waals surface area contributed by atoms with Crippen LogP contribution in [0.15, 0.2) is 18.2 Å². The van der Waals surface area contributed by atoms with E-state index in [1.54, 1.807) is 0 Å². The summed E-state index contributed by atoms with van der Waals surface area (Å²) in [6.45, 7) is 7.40. The zero-order valence-corrected chi connectivity index (χ0v) is 12.6. The Morgan fingerprint density at radius 2 is 2.05 bits per heavy atom. The summed E-state index contributed by atoms with van der Waals surface area (Å²) in [5.41, 5.74) is 5.20. The van der Waals surface area contributed by atoms with Crippen LogP contribution in [0.1, 0.15) is 35.0 Å². The number of halogens is 1. The third-order valence-electron chi connectivity index (χ3n) is 3.70. The molecule has 0 spiro atoms. The summed E-state index contributed by atoms with van der Waals surface area (Å²) in [6.07, 6.45) is 0.958. The molecule has 1 N–H and O–H groups in total. The first kappa shape index (κ1) is 14.7. The van der Waals surface area contributed by atoms with Crippen molar-refractivity contribution < 1.29 is 4.39 Å². The molecule has 0 saturated carbocycles. The Morgan fingerprint density at radius 3 is 2.65 bits per heavy atom. The summed E-state index contributed by atoms with van der Waals surface area (Å²) >= 11 is 0. The first-order valence-corrected chi connectivity index (χ1v) is 7.01. The van der Waals surface area contributed by atoms with Gasteiger partial charge >= 0.3 is 0 Å². The number of hydrogen-bond acceptors (Lipinski definition) is 2. The van der Waals surface area contributed by atoms with E-state index in [-0.39, 0.29) is 5.82 Å². The van der Waals surface area contributed by atoms with E-state index in [0.717, 1.165) is 29.9 Å². The van der Waals surface area contributed by atoms with Gasteiger partial charge in [-0.2, -0.15) is 5.10 Å². The molecule has 0 aliphatic rings. The lowest BCUT2D eigenvalue weighted by Crippen LogP contribution is -2.09. The molecule has 0 fully saturated rings. The predicted octanol–water partition coefficient (Wildman–Crippen LogP) is 2.97. The summed E-state index contributed by atoms with van der Waals surface area (Å²) < 4.78 is 15.9. The van der Waals surface area contributed by atoms with E-state index < -0.39 is 0 Å². The van der Waals surface area contributed by atoms with E-state index in [0.29, 0.717) is 12.1 Å². The van der Waals surface area contributed by atoms with Gasteiger partial charge in [0.25, 0.3) is 0 Å². The molecule has 0 aliphatic heterocycles. The van der Waals surface area contributed by atoms with E-state index in [9.17, 15) is 4.39 Å². The predicted molar refractivity (Wildman–Crippen MR) is 79.3 cm³/mol. The van der Waals surface area contributed by atoms with Crippen molar-refractivity contribution in [1.29, 1.82) is 0 Å². The van der Waals surface area contributed by atoms with E-state index in [2.05, 4.69) is 17.3 Å². The Kier molecular flexibility index (Phi) is 4.55. The van der Waals surface area contributed by atoms with Gasteiger partial charge in [0.2, 0.25) is 0 Å². The molecule has 0 radical (unpaired) electrons. The fourth-order valence-electron chi connectivity index (χ4n) is 2.62. The van der Waals surface area contributed by atoms with E-state index in [1.165, 1.54) is 11.6 Å². The molecule has 108 valence electrons. The second-order valence-electron chi connectivity index (χ2n) is 5.12. The molecule has 0 unspecified atom stereocenters. The average molecular weight is 275 g/mol. The minimum absolute atomic E-state index is 0.171. The second-order valence-corrected chi connectivity index (χ2v) is 5.12. The summed E-state index contributed by atoms with van der Waals surface area (Å²) in [7, 11) is 1.89. The molecule has 2 rings (SSSR count). The van der Waals surface area contributed by atoms with Crippen LogP contribution in [0.25, 0.3) is 0 Å². The summed E-state index contributed by atoms with van der Waals surface area (Å²) in [6, 6.07) is 5.26. The maximum atomic E-state index is 14.0. The van der Waals surface area contributed by atoms with Crippen molar-refractivity contribution >= 4 is 0 Å². The van der Waals surface area contributed by atoms with Crippen molar-refractivity contribution in [2.24, 2.45) is 0 Å². The number of aromatic nitrogens is 2. The van der Waals surface area contributed by atoms with Crippen molar-refractivity contribution in [2.75, 3.05) is 7.05 Å². The Labute approximate surface area is 119 Å². The van der Waals surface area contributed by atoms with Gasteiger partial charge in [-0.1, -0.05) is 13.0 Å². The van der Waals surface area contributed by atoms with E-state index in [1.807, 2.05) is 37.7 Å². The minimum Gasteiger partial charge on any atom is -0.316 e. The van der Waals surface area contributed by atoms with Crippen LogP contribution in [-0.2, 0) is 19.5 Å². The molecule has 1 aromatic heterocycles. The van der Waals surface area contributed by atoms with Gasteiger partial charge in [-0.3, -0.25) is 4.68 Å². The standard InChI is InChI=1S/C16H22FN3/c1-5-15-11(2)19-20(12(15)3)10-14-8-13(9-18-4)6-7-16(14)17/h6-8,18H,5,9-10H2,1-4H3. The number of rotatable bonds is 5. The smallest absolute Gasteiger partial charge is 0.128 e. The Balaban J connectivity index is 2.32. The molecule has 0 saturated heterocycles. The number of nitrogens with one attached hydrogen (secondary N) is 1. The molecule has 1 heterocycles. The zero-order chi connectivity index (χ0) is 14.7. The first-order valence-electron chi connectivity index (χ1n) is 7.01. The van der Waals surface area contributed by atoms with Crippen LogP contribution in [0.2, 0.25) is 0 Å². The van der Waals surface area contributed by atoms with Crippen LogP contribution in [0.4, 0.5) is 4.39 Å². The number of hydrogen-bond donors (Lipinski definition) is 1. The quantitative estimate of drug-likeness (QED) is 0.909. The van der Waals surface area contributed by atoms with Crippen LogP contribution in [0, 0.1) is 19.7 Å². The van der Waals surface area contributed by atoms with E-state index >= 15 is 0 Å². The summed E-state index contributed by atoms with van der Waals surface area (Å²) in [4.78, 5) is 0. The van der Waals surface area contributed by atoms with Crippen LogP contribution in [0.3, 0.4) is 0 Å². The van der Waals surface area contributed by atoms with Gasteiger partial charge < -0.3 is 5.32 Å². The molecule has 0 aliphatic carbocycles. The topological polar surface area (TPSA) is 29.9 Å². The fraction of sp³-hybridized carbons (Fsp3) is 0.438. The Hall–Kier alpha value is -1.68. The number of benzene rings is 1. The molecule has 4 heteroatoms. The highest BCUT2D eigenvalue weighted by Gasteiger charge is 2.12. The molecule has 0 amide bonds. The van der Waals surface area contributed by atoms with Gasteiger partial charge in [0.15, 0.2) is 0 Å². The number of aryl methyl sites for hydroxylation is 1. The van der Waals surface area contributed by atoms with Crippen LogP contribution in [0.5, 0.6) is 0 Å². The Morgan fingerprint density at radius 1 is 1.30 bits per heavy atom. The monoisotopic (exact) mass is 275 g/mol. The molecular weight excluding hydrogens is 253 g/mol. The highest BCUT2D eigenvalue weighted by Crippen LogP contribution is 2.17. The molecule has 1 aromatic carbocycles. The van der Waals surface area contributed by atoms with Gasteiger partial charge in [0, 0.05) is 17.8 Å². The maximum Gasteiger partial charge on any atom is 0.128 e. The first-order chi connectivity index (χ1) is 9.56. The van der Waals surface area contributed by atoms with Gasteiger partial charge in [0.1, 0.15) is 5.82 Å². The minimum atomic E-state index is -0.171. The van der Waals surface area contributed by atoms with Crippen LogP contribution < -0.4 is 5.32 Å². The molecular formula is C16H22FN3. The van der Waals surface area contributed by atoms with Gasteiger partial charge in [-0.25, -0.2) is 4.39 Å². The summed E-state index contributed by atoms with van der Waals surface area (Å²) in [5, 5.41) is 7.61. The van der Waals surface area contributed by atoms with Gasteiger partial charge in [-0.05, 0) is 50.6 Å². The van der Waals surface area contributed by atoms with Crippen molar-refractivity contribution in [3.8, 4) is 0 Å². The maximum absolute atomic E-state index is 14.0.